The summed E-state index contributed by atoms with van der Waals surface area (Å²) in [6, 6.07) is 41.2. The van der Waals surface area contributed by atoms with E-state index in [1.54, 1.807) is 12.4 Å². The van der Waals surface area contributed by atoms with E-state index in [2.05, 4.69) is 120 Å². The average molecular weight is 472 g/mol. The van der Waals surface area contributed by atoms with E-state index in [1.807, 2.05) is 0 Å². The Bertz CT molecular complexity index is 2100. The SMILES string of the molecule is c1ccc(-c2cccc(-n3c4ccccc4c4ccc5c6nccnc6c6ccccc6c5c43)c2)cc1. The normalized spacial score (nSPS) is 11.8. The highest BCUT2D eigenvalue weighted by Crippen LogP contribution is 2.42. The molecule has 0 amide bonds. The Morgan fingerprint density at radius 3 is 1.95 bits per heavy atom. The van der Waals surface area contributed by atoms with Gasteiger partial charge in [-0.25, -0.2) is 0 Å². The molecule has 0 atom stereocenters. The van der Waals surface area contributed by atoms with Crippen molar-refractivity contribution in [2.45, 2.75) is 0 Å². The van der Waals surface area contributed by atoms with E-state index in [0.717, 1.165) is 27.5 Å². The Morgan fingerprint density at radius 1 is 0.459 bits per heavy atom. The van der Waals surface area contributed by atoms with Crippen molar-refractivity contribution in [2.75, 3.05) is 0 Å². The third-order valence-corrected chi connectivity index (χ3v) is 7.45. The molecule has 0 saturated carbocycles. The molecule has 0 radical (unpaired) electrons. The van der Waals surface area contributed by atoms with Gasteiger partial charge in [-0.3, -0.25) is 9.97 Å². The van der Waals surface area contributed by atoms with Crippen molar-refractivity contribution >= 4 is 54.4 Å². The van der Waals surface area contributed by atoms with Crippen molar-refractivity contribution in [3.8, 4) is 16.8 Å². The summed E-state index contributed by atoms with van der Waals surface area (Å²) in [7, 11) is 0. The standard InChI is InChI=1S/C34H21N3/c1-2-9-22(10-3-1)23-11-8-12-24(21-23)37-30-16-7-6-13-25(30)28-17-18-29-31(34(28)37)26-14-4-5-15-27(26)32-33(29)36-20-19-35-32/h1-21H. The Hall–Kier alpha value is -5.02. The quantitative estimate of drug-likeness (QED) is 0.236. The number of fused-ring (bicyclic) bond motifs is 10. The maximum Gasteiger partial charge on any atom is 0.0972 e. The van der Waals surface area contributed by atoms with Crippen LogP contribution in [0, 0.1) is 0 Å². The van der Waals surface area contributed by atoms with E-state index < -0.39 is 0 Å². The van der Waals surface area contributed by atoms with Crippen molar-refractivity contribution < 1.29 is 0 Å². The molecular weight excluding hydrogens is 450 g/mol. The second kappa shape index (κ2) is 7.74. The molecule has 8 rings (SSSR count). The molecule has 3 nitrogen and oxygen atoms in total. The number of benzene rings is 6. The monoisotopic (exact) mass is 471 g/mol. The highest BCUT2D eigenvalue weighted by Gasteiger charge is 2.19. The zero-order valence-corrected chi connectivity index (χ0v) is 20.0. The first-order chi connectivity index (χ1) is 18.4. The van der Waals surface area contributed by atoms with E-state index in [0.29, 0.717) is 0 Å². The van der Waals surface area contributed by atoms with Crippen LogP contribution in [0.1, 0.15) is 0 Å². The molecule has 0 unspecified atom stereocenters. The first kappa shape index (κ1) is 20.2. The second-order valence-electron chi connectivity index (χ2n) is 9.45. The van der Waals surface area contributed by atoms with Gasteiger partial charge in [0.1, 0.15) is 0 Å². The van der Waals surface area contributed by atoms with E-state index in [-0.39, 0.29) is 0 Å². The molecule has 8 aromatic rings. The fourth-order valence-corrected chi connectivity index (χ4v) is 5.89. The summed E-state index contributed by atoms with van der Waals surface area (Å²) in [5.41, 5.74) is 7.83. The lowest BCUT2D eigenvalue weighted by Crippen LogP contribution is -1.96. The van der Waals surface area contributed by atoms with Gasteiger partial charge in [0.2, 0.25) is 0 Å². The van der Waals surface area contributed by atoms with Crippen molar-refractivity contribution in [1.82, 2.24) is 14.5 Å². The van der Waals surface area contributed by atoms with Gasteiger partial charge in [-0.05, 0) is 34.7 Å². The number of hydrogen-bond donors (Lipinski definition) is 0. The average Bonchev–Trinajstić information content (AvgIpc) is 3.32. The second-order valence-corrected chi connectivity index (χ2v) is 9.45. The highest BCUT2D eigenvalue weighted by molar-refractivity contribution is 6.32. The Labute approximate surface area is 213 Å². The summed E-state index contributed by atoms with van der Waals surface area (Å²) >= 11 is 0. The molecule has 3 heteroatoms. The lowest BCUT2D eigenvalue weighted by molar-refractivity contribution is 1.19. The molecule has 172 valence electrons. The summed E-state index contributed by atoms with van der Waals surface area (Å²) in [6.45, 7) is 0. The molecule has 0 aliphatic rings. The highest BCUT2D eigenvalue weighted by atomic mass is 15.0. The van der Waals surface area contributed by atoms with Crippen molar-refractivity contribution in [1.29, 1.82) is 0 Å². The molecule has 2 heterocycles. The largest absolute Gasteiger partial charge is 0.309 e. The van der Waals surface area contributed by atoms with Gasteiger partial charge in [0.25, 0.3) is 0 Å². The first-order valence-electron chi connectivity index (χ1n) is 12.5. The fourth-order valence-electron chi connectivity index (χ4n) is 5.89. The van der Waals surface area contributed by atoms with Gasteiger partial charge in [0.15, 0.2) is 0 Å². The summed E-state index contributed by atoms with van der Waals surface area (Å²) in [5.74, 6) is 0. The van der Waals surface area contributed by atoms with E-state index >= 15 is 0 Å². The zero-order chi connectivity index (χ0) is 24.3. The van der Waals surface area contributed by atoms with Crippen LogP contribution >= 0.6 is 0 Å². The van der Waals surface area contributed by atoms with Crippen molar-refractivity contribution in [2.24, 2.45) is 0 Å². The molecule has 0 spiro atoms. The number of aromatic nitrogens is 3. The predicted molar refractivity (Wildman–Crippen MR) is 154 cm³/mol. The van der Waals surface area contributed by atoms with E-state index in [1.165, 1.54) is 43.7 Å². The topological polar surface area (TPSA) is 30.7 Å². The molecule has 6 aromatic carbocycles. The van der Waals surface area contributed by atoms with Gasteiger partial charge in [0.05, 0.1) is 22.1 Å². The summed E-state index contributed by atoms with van der Waals surface area (Å²) < 4.78 is 2.42. The minimum atomic E-state index is 0.938. The third-order valence-electron chi connectivity index (χ3n) is 7.45. The van der Waals surface area contributed by atoms with Crippen LogP contribution in [0.25, 0.3) is 71.2 Å². The molecule has 0 N–H and O–H groups in total. The van der Waals surface area contributed by atoms with Gasteiger partial charge in [-0.2, -0.15) is 0 Å². The van der Waals surface area contributed by atoms with Crippen LogP contribution in [-0.4, -0.2) is 14.5 Å². The van der Waals surface area contributed by atoms with Crippen LogP contribution in [-0.2, 0) is 0 Å². The summed E-state index contributed by atoms with van der Waals surface area (Å²) in [5, 5.41) is 7.13. The summed E-state index contributed by atoms with van der Waals surface area (Å²) in [4.78, 5) is 9.54. The number of hydrogen-bond acceptors (Lipinski definition) is 2. The van der Waals surface area contributed by atoms with Gasteiger partial charge in [-0.15, -0.1) is 0 Å². The van der Waals surface area contributed by atoms with Crippen LogP contribution in [0.15, 0.2) is 128 Å². The van der Waals surface area contributed by atoms with Gasteiger partial charge < -0.3 is 4.57 Å². The molecule has 37 heavy (non-hydrogen) atoms. The number of nitrogens with zero attached hydrogens (tertiary/aromatic N) is 3. The van der Waals surface area contributed by atoms with Crippen molar-refractivity contribution in [3.63, 3.8) is 0 Å². The van der Waals surface area contributed by atoms with Gasteiger partial charge in [-0.1, -0.05) is 97.1 Å². The van der Waals surface area contributed by atoms with Crippen LogP contribution in [0.4, 0.5) is 0 Å². The van der Waals surface area contributed by atoms with Gasteiger partial charge in [0, 0.05) is 45.0 Å². The van der Waals surface area contributed by atoms with E-state index in [4.69, 9.17) is 9.97 Å². The Balaban J connectivity index is 1.60. The minimum Gasteiger partial charge on any atom is -0.309 e. The predicted octanol–water partition coefficient (Wildman–Crippen LogP) is 8.70. The molecular formula is C34H21N3. The Morgan fingerprint density at radius 2 is 1.11 bits per heavy atom. The smallest absolute Gasteiger partial charge is 0.0972 e. The summed E-state index contributed by atoms with van der Waals surface area (Å²) in [6.07, 6.45) is 3.57. The molecule has 0 aliphatic heterocycles. The van der Waals surface area contributed by atoms with Crippen molar-refractivity contribution in [3.05, 3.63) is 128 Å². The molecule has 0 saturated heterocycles. The molecule has 2 aromatic heterocycles. The lowest BCUT2D eigenvalue weighted by atomic mass is 9.97. The molecule has 0 aliphatic carbocycles. The van der Waals surface area contributed by atoms with Gasteiger partial charge >= 0.3 is 0 Å². The van der Waals surface area contributed by atoms with Crippen LogP contribution < -0.4 is 0 Å². The molecule has 0 fully saturated rings. The first-order valence-corrected chi connectivity index (χ1v) is 12.5. The fraction of sp³-hybridized carbons (Fsp3) is 0. The third kappa shape index (κ3) is 2.88. The Kier molecular flexibility index (Phi) is 4.23. The minimum absolute atomic E-state index is 0.938. The maximum absolute atomic E-state index is 4.80. The molecule has 0 bridgehead atoms. The van der Waals surface area contributed by atoms with Crippen LogP contribution in [0.5, 0.6) is 0 Å². The maximum atomic E-state index is 4.80. The van der Waals surface area contributed by atoms with Crippen LogP contribution in [0.2, 0.25) is 0 Å². The van der Waals surface area contributed by atoms with E-state index in [9.17, 15) is 0 Å². The number of rotatable bonds is 2. The number of para-hydroxylation sites is 1. The zero-order valence-electron chi connectivity index (χ0n) is 20.0. The van der Waals surface area contributed by atoms with Crippen LogP contribution in [0.3, 0.4) is 0 Å². The lowest BCUT2D eigenvalue weighted by Gasteiger charge is -2.14.